The van der Waals surface area contributed by atoms with Crippen molar-refractivity contribution in [3.63, 3.8) is 0 Å². The van der Waals surface area contributed by atoms with Crippen LogP contribution < -0.4 is 15.8 Å². The monoisotopic (exact) mass is 347 g/mol. The van der Waals surface area contributed by atoms with Gasteiger partial charge in [-0.1, -0.05) is 35.9 Å². The summed E-state index contributed by atoms with van der Waals surface area (Å²) >= 11 is 0. The first kappa shape index (κ1) is 17.0. The third kappa shape index (κ3) is 3.44. The maximum atomic E-state index is 9.12. The number of piperidine rings is 1. The molecule has 0 spiro atoms. The number of pyridine rings is 1. The molecule has 2 saturated heterocycles. The molecule has 1 aromatic carbocycles. The summed E-state index contributed by atoms with van der Waals surface area (Å²) in [6.07, 6.45) is 2.37. The predicted molar refractivity (Wildman–Crippen MR) is 103 cm³/mol. The molecule has 3 unspecified atom stereocenters. The second kappa shape index (κ2) is 7.45. The zero-order valence-corrected chi connectivity index (χ0v) is 15.2. The molecule has 2 N–H and O–H groups in total. The fourth-order valence-corrected chi connectivity index (χ4v) is 4.27. The van der Waals surface area contributed by atoms with Crippen LogP contribution in [0.4, 0.5) is 5.82 Å². The Morgan fingerprint density at radius 1 is 1.19 bits per heavy atom. The maximum absolute atomic E-state index is 9.12. The van der Waals surface area contributed by atoms with Gasteiger partial charge in [0.05, 0.1) is 0 Å². The van der Waals surface area contributed by atoms with E-state index in [1.54, 1.807) is 6.07 Å². The second-order valence-corrected chi connectivity index (χ2v) is 7.41. The number of hydrogen-bond donors (Lipinski definition) is 2. The molecule has 2 aromatic rings. The molecule has 134 valence electrons. The van der Waals surface area contributed by atoms with Crippen LogP contribution in [-0.4, -0.2) is 30.7 Å². The Morgan fingerprint density at radius 2 is 2.04 bits per heavy atom. The zero-order chi connectivity index (χ0) is 17.9. The smallest absolute Gasteiger partial charge is 0.142 e. The van der Waals surface area contributed by atoms with Crippen LogP contribution in [0.5, 0.6) is 0 Å². The van der Waals surface area contributed by atoms with Gasteiger partial charge in [-0.25, -0.2) is 4.98 Å². The largest absolute Gasteiger partial charge is 0.356 e. The van der Waals surface area contributed by atoms with E-state index in [9.17, 15) is 0 Å². The lowest BCUT2D eigenvalue weighted by molar-refractivity contribution is 0.304. The van der Waals surface area contributed by atoms with Crippen LogP contribution in [0, 0.1) is 24.2 Å². The minimum atomic E-state index is 0.416. The number of hydrazine groups is 1. The Kier molecular flexibility index (Phi) is 4.87. The quantitative estimate of drug-likeness (QED) is 0.894. The Hall–Kier alpha value is -2.42. The molecule has 0 aliphatic carbocycles. The molecule has 5 nitrogen and oxygen atoms in total. The van der Waals surface area contributed by atoms with Crippen LogP contribution in [0.25, 0.3) is 0 Å². The molecule has 0 saturated carbocycles. The van der Waals surface area contributed by atoms with E-state index in [1.165, 1.54) is 17.5 Å². The van der Waals surface area contributed by atoms with E-state index >= 15 is 0 Å². The summed E-state index contributed by atoms with van der Waals surface area (Å²) in [6.45, 7) is 5.08. The van der Waals surface area contributed by atoms with Crippen molar-refractivity contribution in [2.75, 3.05) is 24.5 Å². The number of anilines is 1. The zero-order valence-electron chi connectivity index (χ0n) is 15.2. The second-order valence-electron chi connectivity index (χ2n) is 7.41. The average Bonchev–Trinajstić information content (AvgIpc) is 3.18. The highest BCUT2D eigenvalue weighted by molar-refractivity contribution is 5.42. The molecule has 0 bridgehead atoms. The Morgan fingerprint density at radius 3 is 2.85 bits per heavy atom. The summed E-state index contributed by atoms with van der Waals surface area (Å²) in [4.78, 5) is 6.83. The fourth-order valence-electron chi connectivity index (χ4n) is 4.27. The molecule has 2 aliphatic heterocycles. The van der Waals surface area contributed by atoms with Gasteiger partial charge in [0.15, 0.2) is 0 Å². The number of nitrogens with zero attached hydrogens (tertiary/aromatic N) is 3. The van der Waals surface area contributed by atoms with Crippen molar-refractivity contribution < 1.29 is 0 Å². The Balaban J connectivity index is 1.51. The maximum Gasteiger partial charge on any atom is 0.142 e. The standard InChI is InChI=1S/C21H25N5/c1-15-7-9-16(10-8-15)19-13-23-25-21(19)17-4-3-11-26(14-17)20-6-2-5-18(12-22)24-20/h2,5-10,17,19,21,23,25H,3-4,11,13-14H2,1H3. The van der Waals surface area contributed by atoms with Crippen molar-refractivity contribution in [3.8, 4) is 6.07 Å². The van der Waals surface area contributed by atoms with Gasteiger partial charge in [0.2, 0.25) is 0 Å². The summed E-state index contributed by atoms with van der Waals surface area (Å²) in [5.74, 6) is 1.96. The van der Waals surface area contributed by atoms with E-state index in [1.807, 2.05) is 12.1 Å². The Labute approximate surface area is 155 Å². The van der Waals surface area contributed by atoms with E-state index in [0.29, 0.717) is 23.6 Å². The first-order valence-electron chi connectivity index (χ1n) is 9.41. The van der Waals surface area contributed by atoms with Gasteiger partial charge in [0, 0.05) is 31.6 Å². The molecule has 1 aromatic heterocycles. The fraction of sp³-hybridized carbons (Fsp3) is 0.429. The highest BCUT2D eigenvalue weighted by Crippen LogP contribution is 2.32. The Bertz CT molecular complexity index is 795. The van der Waals surface area contributed by atoms with Gasteiger partial charge in [-0.2, -0.15) is 5.26 Å². The van der Waals surface area contributed by atoms with E-state index in [-0.39, 0.29) is 0 Å². The molecule has 3 atom stereocenters. The van der Waals surface area contributed by atoms with Crippen LogP contribution in [0.3, 0.4) is 0 Å². The van der Waals surface area contributed by atoms with Crippen molar-refractivity contribution in [2.24, 2.45) is 5.92 Å². The first-order chi connectivity index (χ1) is 12.7. The van der Waals surface area contributed by atoms with Crippen LogP contribution in [0.1, 0.15) is 35.6 Å². The molecule has 5 heteroatoms. The van der Waals surface area contributed by atoms with E-state index in [0.717, 1.165) is 31.9 Å². The highest BCUT2D eigenvalue weighted by Gasteiger charge is 2.36. The SMILES string of the molecule is Cc1ccc(C2CNNC2C2CCCN(c3cccc(C#N)n3)C2)cc1. The number of benzene rings is 1. The molecule has 2 fully saturated rings. The van der Waals surface area contributed by atoms with Crippen molar-refractivity contribution in [2.45, 2.75) is 31.7 Å². The predicted octanol–water partition coefficient (Wildman–Crippen LogP) is 2.74. The van der Waals surface area contributed by atoms with Crippen LogP contribution in [0.15, 0.2) is 42.5 Å². The van der Waals surface area contributed by atoms with Gasteiger partial charge in [-0.05, 0) is 43.4 Å². The van der Waals surface area contributed by atoms with Crippen molar-refractivity contribution in [1.82, 2.24) is 15.8 Å². The third-order valence-corrected chi connectivity index (χ3v) is 5.67. The molecule has 2 aliphatic rings. The first-order valence-corrected chi connectivity index (χ1v) is 9.41. The normalized spacial score (nSPS) is 25.8. The van der Waals surface area contributed by atoms with Gasteiger partial charge >= 0.3 is 0 Å². The molecule has 4 rings (SSSR count). The number of aromatic nitrogens is 1. The number of nitriles is 1. The van der Waals surface area contributed by atoms with Gasteiger partial charge < -0.3 is 4.90 Å². The van der Waals surface area contributed by atoms with Crippen LogP contribution in [0.2, 0.25) is 0 Å². The van der Waals surface area contributed by atoms with Gasteiger partial charge in [0.25, 0.3) is 0 Å². The molecule has 26 heavy (non-hydrogen) atoms. The number of aryl methyl sites for hydroxylation is 1. The van der Waals surface area contributed by atoms with Crippen LogP contribution >= 0.6 is 0 Å². The lowest BCUT2D eigenvalue weighted by Gasteiger charge is -2.38. The minimum absolute atomic E-state index is 0.416. The topological polar surface area (TPSA) is 64.0 Å². The van der Waals surface area contributed by atoms with Gasteiger partial charge in [-0.15, -0.1) is 0 Å². The molecular weight excluding hydrogens is 322 g/mol. The highest BCUT2D eigenvalue weighted by atomic mass is 15.4. The summed E-state index contributed by atoms with van der Waals surface area (Å²) in [7, 11) is 0. The molecule has 0 amide bonds. The van der Waals surface area contributed by atoms with Gasteiger partial charge in [-0.3, -0.25) is 10.9 Å². The summed E-state index contributed by atoms with van der Waals surface area (Å²) in [6, 6.07) is 17.2. The van der Waals surface area contributed by atoms with Crippen LogP contribution in [-0.2, 0) is 0 Å². The minimum Gasteiger partial charge on any atom is -0.356 e. The molecule has 0 radical (unpaired) electrons. The van der Waals surface area contributed by atoms with Gasteiger partial charge in [0.1, 0.15) is 17.6 Å². The van der Waals surface area contributed by atoms with E-state index in [2.05, 4.69) is 58.0 Å². The summed E-state index contributed by atoms with van der Waals surface area (Å²) in [5, 5.41) is 9.12. The third-order valence-electron chi connectivity index (χ3n) is 5.67. The molecular formula is C21H25N5. The van der Waals surface area contributed by atoms with E-state index < -0.39 is 0 Å². The average molecular weight is 347 g/mol. The summed E-state index contributed by atoms with van der Waals surface area (Å²) in [5.41, 5.74) is 10.1. The number of nitrogens with one attached hydrogen (secondary N) is 2. The lowest BCUT2D eigenvalue weighted by atomic mass is 9.81. The van der Waals surface area contributed by atoms with E-state index in [4.69, 9.17) is 5.26 Å². The number of rotatable bonds is 3. The number of hydrogen-bond acceptors (Lipinski definition) is 5. The van der Waals surface area contributed by atoms with Crippen molar-refractivity contribution in [1.29, 1.82) is 5.26 Å². The summed E-state index contributed by atoms with van der Waals surface area (Å²) < 4.78 is 0. The van der Waals surface area contributed by atoms with Crippen molar-refractivity contribution >= 4 is 5.82 Å². The van der Waals surface area contributed by atoms with Crippen molar-refractivity contribution in [3.05, 3.63) is 59.3 Å². The molecule has 3 heterocycles. The lowest BCUT2D eigenvalue weighted by Crippen LogP contribution is -2.46.